The summed E-state index contributed by atoms with van der Waals surface area (Å²) in [5.74, 6) is -0.405. The molecule has 23 heavy (non-hydrogen) atoms. The second kappa shape index (κ2) is 7.10. The lowest BCUT2D eigenvalue weighted by Gasteiger charge is -2.33. The van der Waals surface area contributed by atoms with Gasteiger partial charge in [-0.05, 0) is 24.3 Å². The Morgan fingerprint density at radius 1 is 1.35 bits per heavy atom. The maximum atomic E-state index is 12.4. The molecule has 3 amide bonds. The fourth-order valence-electron chi connectivity index (χ4n) is 2.85. The summed E-state index contributed by atoms with van der Waals surface area (Å²) in [7, 11) is 0. The summed E-state index contributed by atoms with van der Waals surface area (Å²) in [6, 6.07) is 2.67. The van der Waals surface area contributed by atoms with Crippen LogP contribution in [0.4, 0.5) is 0 Å². The number of hydrogen-bond acceptors (Lipinski definition) is 5. The molecule has 0 spiro atoms. The molecule has 3 heterocycles. The standard InChI is InChI=1S/C15H20N4O3S/c20-13-10(3-1-5-17-13)18-14(21)11-9-19(7-6-16-11)15(22)12-4-2-8-23-12/h2,4,8,10-11,16H,1,3,5-7,9H2,(H,17,20)(H,18,21)/t10-,11+/m0/s1. The van der Waals surface area contributed by atoms with Crippen molar-refractivity contribution in [2.75, 3.05) is 26.2 Å². The average molecular weight is 336 g/mol. The molecule has 2 atom stereocenters. The number of nitrogens with one attached hydrogen (secondary N) is 3. The predicted octanol–water partition coefficient (Wildman–Crippen LogP) is -0.443. The highest BCUT2D eigenvalue weighted by molar-refractivity contribution is 7.12. The first kappa shape index (κ1) is 15.9. The van der Waals surface area contributed by atoms with Gasteiger partial charge in [0.1, 0.15) is 12.1 Å². The highest BCUT2D eigenvalue weighted by atomic mass is 32.1. The van der Waals surface area contributed by atoms with Crippen LogP contribution in [0.5, 0.6) is 0 Å². The van der Waals surface area contributed by atoms with Gasteiger partial charge in [-0.3, -0.25) is 14.4 Å². The Bertz CT molecular complexity index is 590. The molecule has 0 aliphatic carbocycles. The fraction of sp³-hybridized carbons (Fsp3) is 0.533. The van der Waals surface area contributed by atoms with Gasteiger partial charge in [-0.15, -0.1) is 11.3 Å². The average Bonchev–Trinajstić information content (AvgIpc) is 3.11. The Morgan fingerprint density at radius 3 is 2.96 bits per heavy atom. The van der Waals surface area contributed by atoms with E-state index in [4.69, 9.17) is 0 Å². The van der Waals surface area contributed by atoms with Crippen LogP contribution >= 0.6 is 11.3 Å². The zero-order valence-corrected chi connectivity index (χ0v) is 13.5. The molecule has 2 aliphatic rings. The van der Waals surface area contributed by atoms with Gasteiger partial charge in [0, 0.05) is 26.2 Å². The number of piperazine rings is 1. The van der Waals surface area contributed by atoms with Gasteiger partial charge < -0.3 is 20.9 Å². The molecule has 1 aromatic rings. The molecular weight excluding hydrogens is 316 g/mol. The van der Waals surface area contributed by atoms with Crippen LogP contribution in [0.25, 0.3) is 0 Å². The van der Waals surface area contributed by atoms with E-state index < -0.39 is 12.1 Å². The van der Waals surface area contributed by atoms with Crippen molar-refractivity contribution in [1.29, 1.82) is 0 Å². The van der Waals surface area contributed by atoms with Crippen molar-refractivity contribution < 1.29 is 14.4 Å². The number of carbonyl (C=O) groups excluding carboxylic acids is 3. The third-order valence-electron chi connectivity index (χ3n) is 4.11. The number of amides is 3. The number of nitrogens with zero attached hydrogens (tertiary/aromatic N) is 1. The minimum Gasteiger partial charge on any atom is -0.354 e. The van der Waals surface area contributed by atoms with E-state index in [2.05, 4.69) is 16.0 Å². The Hall–Kier alpha value is -1.93. The van der Waals surface area contributed by atoms with Gasteiger partial charge >= 0.3 is 0 Å². The smallest absolute Gasteiger partial charge is 0.264 e. The first-order valence-electron chi connectivity index (χ1n) is 7.79. The quantitative estimate of drug-likeness (QED) is 0.698. The lowest BCUT2D eigenvalue weighted by atomic mass is 10.1. The van der Waals surface area contributed by atoms with Crippen molar-refractivity contribution in [2.24, 2.45) is 0 Å². The van der Waals surface area contributed by atoms with Crippen molar-refractivity contribution in [3.05, 3.63) is 22.4 Å². The molecule has 3 rings (SSSR count). The summed E-state index contributed by atoms with van der Waals surface area (Å²) in [6.45, 7) is 2.11. The molecule has 2 aliphatic heterocycles. The Morgan fingerprint density at radius 2 is 2.22 bits per heavy atom. The molecule has 1 aromatic heterocycles. The number of piperidine rings is 1. The van der Waals surface area contributed by atoms with Crippen molar-refractivity contribution in [2.45, 2.75) is 24.9 Å². The van der Waals surface area contributed by atoms with Crippen LogP contribution in [0.15, 0.2) is 17.5 Å². The van der Waals surface area contributed by atoms with Crippen molar-refractivity contribution in [3.63, 3.8) is 0 Å². The van der Waals surface area contributed by atoms with E-state index in [1.807, 2.05) is 11.4 Å². The third kappa shape index (κ3) is 3.70. The zero-order valence-electron chi connectivity index (χ0n) is 12.7. The Kier molecular flexibility index (Phi) is 4.92. The molecule has 0 radical (unpaired) electrons. The lowest BCUT2D eigenvalue weighted by Crippen LogP contribution is -2.61. The van der Waals surface area contributed by atoms with E-state index in [0.717, 1.165) is 6.42 Å². The summed E-state index contributed by atoms with van der Waals surface area (Å²) in [6.07, 6.45) is 1.51. The molecule has 2 saturated heterocycles. The highest BCUT2D eigenvalue weighted by Crippen LogP contribution is 2.14. The third-order valence-corrected chi connectivity index (χ3v) is 4.97. The van der Waals surface area contributed by atoms with Crippen molar-refractivity contribution in [1.82, 2.24) is 20.9 Å². The maximum Gasteiger partial charge on any atom is 0.264 e. The van der Waals surface area contributed by atoms with Gasteiger partial charge in [0.15, 0.2) is 0 Å². The van der Waals surface area contributed by atoms with Gasteiger partial charge in [0.05, 0.1) is 4.88 Å². The number of carbonyl (C=O) groups is 3. The molecule has 0 saturated carbocycles. The van der Waals surface area contributed by atoms with E-state index in [1.54, 1.807) is 11.0 Å². The summed E-state index contributed by atoms with van der Waals surface area (Å²) in [5, 5.41) is 10.5. The van der Waals surface area contributed by atoms with Crippen LogP contribution in [-0.4, -0.2) is 60.9 Å². The number of hydrogen-bond donors (Lipinski definition) is 3. The van der Waals surface area contributed by atoms with E-state index in [9.17, 15) is 14.4 Å². The maximum absolute atomic E-state index is 12.4. The summed E-state index contributed by atoms with van der Waals surface area (Å²) in [5.41, 5.74) is 0. The van der Waals surface area contributed by atoms with Gasteiger partial charge in [0.2, 0.25) is 11.8 Å². The van der Waals surface area contributed by atoms with Crippen LogP contribution in [-0.2, 0) is 9.59 Å². The molecule has 7 nitrogen and oxygen atoms in total. The first-order chi connectivity index (χ1) is 11.1. The normalized spacial score (nSPS) is 24.9. The minimum atomic E-state index is -0.484. The molecule has 0 unspecified atom stereocenters. The highest BCUT2D eigenvalue weighted by Gasteiger charge is 2.31. The molecular formula is C15H20N4O3S. The van der Waals surface area contributed by atoms with Crippen molar-refractivity contribution >= 4 is 29.1 Å². The SMILES string of the molecule is O=C1NCCC[C@@H]1NC(=O)[C@H]1CN(C(=O)c2cccs2)CCN1. The van der Waals surface area contributed by atoms with Gasteiger partial charge in [-0.25, -0.2) is 0 Å². The van der Waals surface area contributed by atoms with E-state index in [1.165, 1.54) is 11.3 Å². The molecule has 3 N–H and O–H groups in total. The topological polar surface area (TPSA) is 90.5 Å². The number of rotatable bonds is 3. The molecule has 2 fully saturated rings. The molecule has 8 heteroatoms. The van der Waals surface area contributed by atoms with Crippen LogP contribution < -0.4 is 16.0 Å². The first-order valence-corrected chi connectivity index (χ1v) is 8.67. The Balaban J connectivity index is 1.58. The minimum absolute atomic E-state index is 0.0466. The van der Waals surface area contributed by atoms with Crippen LogP contribution in [0.2, 0.25) is 0 Å². The van der Waals surface area contributed by atoms with Gasteiger partial charge in [-0.2, -0.15) is 0 Å². The number of thiophene rings is 1. The van der Waals surface area contributed by atoms with Crippen LogP contribution in [0.3, 0.4) is 0 Å². The summed E-state index contributed by atoms with van der Waals surface area (Å²) in [4.78, 5) is 38.9. The van der Waals surface area contributed by atoms with E-state index in [0.29, 0.717) is 37.5 Å². The fourth-order valence-corrected chi connectivity index (χ4v) is 3.54. The second-order valence-corrected chi connectivity index (χ2v) is 6.68. The summed E-state index contributed by atoms with van der Waals surface area (Å²) < 4.78 is 0. The van der Waals surface area contributed by atoms with Gasteiger partial charge in [0.25, 0.3) is 5.91 Å². The largest absolute Gasteiger partial charge is 0.354 e. The van der Waals surface area contributed by atoms with E-state index >= 15 is 0 Å². The predicted molar refractivity (Wildman–Crippen MR) is 86.2 cm³/mol. The van der Waals surface area contributed by atoms with Crippen LogP contribution in [0, 0.1) is 0 Å². The van der Waals surface area contributed by atoms with E-state index in [-0.39, 0.29) is 17.7 Å². The molecule has 0 bridgehead atoms. The lowest BCUT2D eigenvalue weighted by molar-refractivity contribution is -0.131. The molecule has 124 valence electrons. The Labute approximate surface area is 138 Å². The molecule has 0 aromatic carbocycles. The van der Waals surface area contributed by atoms with Gasteiger partial charge in [-0.1, -0.05) is 6.07 Å². The monoisotopic (exact) mass is 336 g/mol. The summed E-state index contributed by atoms with van der Waals surface area (Å²) >= 11 is 1.40. The van der Waals surface area contributed by atoms with Crippen molar-refractivity contribution in [3.8, 4) is 0 Å². The van der Waals surface area contributed by atoms with Crippen LogP contribution in [0.1, 0.15) is 22.5 Å². The second-order valence-electron chi connectivity index (χ2n) is 5.73. The zero-order chi connectivity index (χ0) is 16.2.